The summed E-state index contributed by atoms with van der Waals surface area (Å²) in [5.74, 6) is -0.174. The number of hydrogen-bond donors (Lipinski definition) is 1. The van der Waals surface area contributed by atoms with Gasteiger partial charge in [-0.05, 0) is 43.7 Å². The summed E-state index contributed by atoms with van der Waals surface area (Å²) >= 11 is 6.00. The maximum atomic E-state index is 12.5. The minimum atomic E-state index is -0.562. The molecule has 3 rings (SSSR count). The number of halogens is 1. The number of amides is 1. The fraction of sp³-hybridized carbons (Fsp3) is 0.263. The number of rotatable bonds is 7. The predicted molar refractivity (Wildman–Crippen MR) is 106 cm³/mol. The van der Waals surface area contributed by atoms with Gasteiger partial charge in [-0.1, -0.05) is 11.6 Å². The standard InChI is InChI=1S/C19H20ClN5O4/c1-4-28-19(27)14-10-21-24(3)17(14)22-18(26)16-7-8-25(23-16)11-29-13-5-6-15(20)12(2)9-13/h5-10H,4,11H2,1-3H3,(H,22,26). The van der Waals surface area contributed by atoms with E-state index in [0.717, 1.165) is 5.56 Å². The number of aromatic nitrogens is 4. The first-order valence-electron chi connectivity index (χ1n) is 8.82. The van der Waals surface area contributed by atoms with Gasteiger partial charge in [-0.25, -0.2) is 9.48 Å². The number of benzene rings is 1. The van der Waals surface area contributed by atoms with E-state index in [4.69, 9.17) is 21.1 Å². The van der Waals surface area contributed by atoms with Gasteiger partial charge in [0.25, 0.3) is 5.91 Å². The second-order valence-electron chi connectivity index (χ2n) is 6.13. The molecule has 9 nitrogen and oxygen atoms in total. The van der Waals surface area contributed by atoms with Crippen molar-refractivity contribution < 1.29 is 19.1 Å². The Bertz CT molecular complexity index is 1040. The van der Waals surface area contributed by atoms with Crippen molar-refractivity contribution in [3.05, 3.63) is 58.5 Å². The minimum Gasteiger partial charge on any atom is -0.471 e. The highest BCUT2D eigenvalue weighted by molar-refractivity contribution is 6.31. The molecule has 2 aromatic heterocycles. The zero-order valence-corrected chi connectivity index (χ0v) is 16.9. The van der Waals surface area contributed by atoms with Gasteiger partial charge in [-0.3, -0.25) is 9.48 Å². The summed E-state index contributed by atoms with van der Waals surface area (Å²) in [6.07, 6.45) is 2.96. The van der Waals surface area contributed by atoms with Gasteiger partial charge in [0.05, 0.1) is 12.8 Å². The molecule has 10 heteroatoms. The molecule has 0 atom stereocenters. The zero-order chi connectivity index (χ0) is 21.0. The minimum absolute atomic E-state index is 0.119. The molecule has 0 aliphatic carbocycles. The lowest BCUT2D eigenvalue weighted by Gasteiger charge is -2.08. The van der Waals surface area contributed by atoms with Gasteiger partial charge in [0.15, 0.2) is 12.4 Å². The van der Waals surface area contributed by atoms with E-state index in [1.54, 1.807) is 38.4 Å². The Labute approximate surface area is 172 Å². The maximum Gasteiger partial charge on any atom is 0.343 e. The van der Waals surface area contributed by atoms with E-state index in [-0.39, 0.29) is 30.4 Å². The number of nitrogens with one attached hydrogen (secondary N) is 1. The largest absolute Gasteiger partial charge is 0.471 e. The first kappa shape index (κ1) is 20.4. The molecule has 0 aliphatic heterocycles. The lowest BCUT2D eigenvalue weighted by molar-refractivity contribution is 0.0527. The van der Waals surface area contributed by atoms with Crippen molar-refractivity contribution in [3.8, 4) is 5.75 Å². The summed E-state index contributed by atoms with van der Waals surface area (Å²) in [5.41, 5.74) is 1.23. The molecule has 0 fully saturated rings. The van der Waals surface area contributed by atoms with Crippen molar-refractivity contribution in [2.24, 2.45) is 7.05 Å². The molecule has 0 spiro atoms. The van der Waals surface area contributed by atoms with Crippen LogP contribution in [-0.4, -0.2) is 38.0 Å². The van der Waals surface area contributed by atoms with Crippen LogP contribution < -0.4 is 10.1 Å². The Morgan fingerprint density at radius 2 is 2.07 bits per heavy atom. The number of nitrogens with zero attached hydrogens (tertiary/aromatic N) is 4. The average molecular weight is 418 g/mol. The number of esters is 1. The number of anilines is 1. The lowest BCUT2D eigenvalue weighted by atomic mass is 10.2. The third-order valence-corrected chi connectivity index (χ3v) is 4.46. The molecule has 0 saturated carbocycles. The monoisotopic (exact) mass is 417 g/mol. The van der Waals surface area contributed by atoms with Crippen LogP contribution in [0.2, 0.25) is 5.02 Å². The first-order valence-corrected chi connectivity index (χ1v) is 9.19. The molecular weight excluding hydrogens is 398 g/mol. The smallest absolute Gasteiger partial charge is 0.343 e. The summed E-state index contributed by atoms with van der Waals surface area (Å²) in [7, 11) is 1.61. The molecule has 0 radical (unpaired) electrons. The molecule has 3 aromatic rings. The van der Waals surface area contributed by atoms with Crippen LogP contribution in [0.1, 0.15) is 33.3 Å². The van der Waals surface area contributed by atoms with E-state index in [0.29, 0.717) is 10.8 Å². The summed E-state index contributed by atoms with van der Waals surface area (Å²) in [6.45, 7) is 3.92. The Hall–Kier alpha value is -3.33. The average Bonchev–Trinajstić information content (AvgIpc) is 3.30. The van der Waals surface area contributed by atoms with E-state index < -0.39 is 11.9 Å². The van der Waals surface area contributed by atoms with Crippen LogP contribution >= 0.6 is 11.6 Å². The zero-order valence-electron chi connectivity index (χ0n) is 16.2. The van der Waals surface area contributed by atoms with Crippen molar-refractivity contribution in [1.82, 2.24) is 19.6 Å². The molecular formula is C19H20ClN5O4. The van der Waals surface area contributed by atoms with Crippen molar-refractivity contribution in [1.29, 1.82) is 0 Å². The number of hydrogen-bond acceptors (Lipinski definition) is 6. The Morgan fingerprint density at radius 1 is 1.28 bits per heavy atom. The molecule has 0 bridgehead atoms. The van der Waals surface area contributed by atoms with Crippen LogP contribution in [0.25, 0.3) is 0 Å². The van der Waals surface area contributed by atoms with Gasteiger partial charge in [-0.2, -0.15) is 10.2 Å². The highest BCUT2D eigenvalue weighted by Crippen LogP contribution is 2.21. The molecule has 1 amide bonds. The van der Waals surface area contributed by atoms with Gasteiger partial charge < -0.3 is 14.8 Å². The van der Waals surface area contributed by atoms with E-state index in [1.807, 2.05) is 13.0 Å². The molecule has 2 heterocycles. The SMILES string of the molecule is CCOC(=O)c1cnn(C)c1NC(=O)c1ccn(COc2ccc(Cl)c(C)c2)n1. The normalized spacial score (nSPS) is 10.6. The quantitative estimate of drug-likeness (QED) is 0.593. The van der Waals surface area contributed by atoms with Crippen molar-refractivity contribution in [3.63, 3.8) is 0 Å². The molecule has 1 N–H and O–H groups in total. The van der Waals surface area contributed by atoms with E-state index >= 15 is 0 Å². The number of carbonyl (C=O) groups is 2. The van der Waals surface area contributed by atoms with Crippen molar-refractivity contribution >= 4 is 29.3 Å². The number of aryl methyl sites for hydroxylation is 2. The maximum absolute atomic E-state index is 12.5. The molecule has 29 heavy (non-hydrogen) atoms. The van der Waals surface area contributed by atoms with Gasteiger partial charge in [-0.15, -0.1) is 0 Å². The van der Waals surface area contributed by atoms with Gasteiger partial charge >= 0.3 is 5.97 Å². The van der Waals surface area contributed by atoms with Crippen LogP contribution in [0.3, 0.4) is 0 Å². The fourth-order valence-corrected chi connectivity index (χ4v) is 2.64. The highest BCUT2D eigenvalue weighted by Gasteiger charge is 2.20. The molecule has 152 valence electrons. The van der Waals surface area contributed by atoms with Gasteiger partial charge in [0, 0.05) is 18.3 Å². The van der Waals surface area contributed by atoms with Crippen LogP contribution in [0.5, 0.6) is 5.75 Å². The Kier molecular flexibility index (Phi) is 6.18. The van der Waals surface area contributed by atoms with Crippen LogP contribution in [0.15, 0.2) is 36.7 Å². The van der Waals surface area contributed by atoms with E-state index in [1.165, 1.54) is 15.6 Å². The second-order valence-corrected chi connectivity index (χ2v) is 6.54. The first-order chi connectivity index (χ1) is 13.9. The van der Waals surface area contributed by atoms with Crippen molar-refractivity contribution in [2.45, 2.75) is 20.6 Å². The number of carbonyl (C=O) groups excluding carboxylic acids is 2. The molecule has 1 aromatic carbocycles. The van der Waals surface area contributed by atoms with Crippen molar-refractivity contribution in [2.75, 3.05) is 11.9 Å². The van der Waals surface area contributed by atoms with Crippen LogP contribution in [0, 0.1) is 6.92 Å². The topological polar surface area (TPSA) is 100 Å². The highest BCUT2D eigenvalue weighted by atomic mass is 35.5. The third-order valence-electron chi connectivity index (χ3n) is 4.03. The van der Waals surface area contributed by atoms with E-state index in [9.17, 15) is 9.59 Å². The van der Waals surface area contributed by atoms with Crippen LogP contribution in [-0.2, 0) is 18.5 Å². The van der Waals surface area contributed by atoms with E-state index in [2.05, 4.69) is 15.5 Å². The molecule has 0 saturated heterocycles. The lowest BCUT2D eigenvalue weighted by Crippen LogP contribution is -2.18. The fourth-order valence-electron chi connectivity index (χ4n) is 2.52. The predicted octanol–water partition coefficient (Wildman–Crippen LogP) is 3.04. The van der Waals surface area contributed by atoms with Gasteiger partial charge in [0.2, 0.25) is 0 Å². The summed E-state index contributed by atoms with van der Waals surface area (Å²) in [4.78, 5) is 24.5. The number of ether oxygens (including phenoxy) is 2. The third kappa shape index (κ3) is 4.75. The van der Waals surface area contributed by atoms with Gasteiger partial charge in [0.1, 0.15) is 17.1 Å². The van der Waals surface area contributed by atoms with Crippen LogP contribution in [0.4, 0.5) is 5.82 Å². The molecule has 0 aliphatic rings. The Morgan fingerprint density at radius 3 is 2.79 bits per heavy atom. The summed E-state index contributed by atoms with van der Waals surface area (Å²) in [5, 5.41) is 11.5. The second kappa shape index (κ2) is 8.78. The Balaban J connectivity index is 1.66. The summed E-state index contributed by atoms with van der Waals surface area (Å²) in [6, 6.07) is 6.87. The summed E-state index contributed by atoms with van der Waals surface area (Å²) < 4.78 is 13.5. The molecule has 0 unspecified atom stereocenters.